The second-order valence-corrected chi connectivity index (χ2v) is 8.71. The molecule has 1 fully saturated rings. The molecular formula is C22H28N6S. The first kappa shape index (κ1) is 19.6. The van der Waals surface area contributed by atoms with Crippen molar-refractivity contribution in [3.63, 3.8) is 0 Å². The molecule has 0 spiro atoms. The number of hydrogen-bond acceptors (Lipinski definition) is 4. The Balaban J connectivity index is 1.47. The van der Waals surface area contributed by atoms with Crippen LogP contribution in [0.5, 0.6) is 0 Å². The van der Waals surface area contributed by atoms with E-state index in [1.807, 2.05) is 18.5 Å². The van der Waals surface area contributed by atoms with Crippen LogP contribution in [0.15, 0.2) is 52.8 Å². The second-order valence-electron chi connectivity index (χ2n) is 7.67. The predicted molar refractivity (Wildman–Crippen MR) is 118 cm³/mol. The van der Waals surface area contributed by atoms with E-state index in [0.29, 0.717) is 6.54 Å². The zero-order valence-electron chi connectivity index (χ0n) is 17.1. The Morgan fingerprint density at radius 1 is 1.14 bits per heavy atom. The summed E-state index contributed by atoms with van der Waals surface area (Å²) in [5, 5.41) is 17.6. The summed E-state index contributed by atoms with van der Waals surface area (Å²) < 4.78 is 1.98. The van der Waals surface area contributed by atoms with Crippen molar-refractivity contribution in [1.82, 2.24) is 25.4 Å². The van der Waals surface area contributed by atoms with E-state index in [0.717, 1.165) is 30.7 Å². The van der Waals surface area contributed by atoms with E-state index < -0.39 is 0 Å². The van der Waals surface area contributed by atoms with Crippen molar-refractivity contribution in [3.8, 4) is 0 Å². The number of aryl methyl sites for hydroxylation is 1. The van der Waals surface area contributed by atoms with Gasteiger partial charge in [0.2, 0.25) is 0 Å². The average Bonchev–Trinajstić information content (AvgIpc) is 3.34. The van der Waals surface area contributed by atoms with Crippen LogP contribution in [-0.4, -0.2) is 27.3 Å². The van der Waals surface area contributed by atoms with E-state index in [4.69, 9.17) is 4.99 Å². The summed E-state index contributed by atoms with van der Waals surface area (Å²) in [6.45, 7) is 4.09. The fourth-order valence-corrected chi connectivity index (χ4v) is 4.36. The van der Waals surface area contributed by atoms with Crippen LogP contribution in [0.1, 0.15) is 41.4 Å². The maximum Gasteiger partial charge on any atom is 0.192 e. The molecule has 1 aliphatic carbocycles. The van der Waals surface area contributed by atoms with Gasteiger partial charge in [-0.2, -0.15) is 0 Å². The van der Waals surface area contributed by atoms with E-state index in [9.17, 15) is 0 Å². The van der Waals surface area contributed by atoms with Crippen LogP contribution in [0, 0.1) is 6.92 Å². The Morgan fingerprint density at radius 2 is 1.97 bits per heavy atom. The average molecular weight is 409 g/mol. The minimum Gasteiger partial charge on any atom is -0.355 e. The van der Waals surface area contributed by atoms with Crippen LogP contribution in [0.25, 0.3) is 0 Å². The Kier molecular flexibility index (Phi) is 5.94. The van der Waals surface area contributed by atoms with Crippen molar-refractivity contribution in [2.45, 2.75) is 44.7 Å². The third-order valence-electron chi connectivity index (χ3n) is 5.86. The van der Waals surface area contributed by atoms with Gasteiger partial charge >= 0.3 is 0 Å². The summed E-state index contributed by atoms with van der Waals surface area (Å²) in [5.74, 6) is 2.58. The highest BCUT2D eigenvalue weighted by Crippen LogP contribution is 2.43. The quantitative estimate of drug-likeness (QED) is 0.463. The lowest BCUT2D eigenvalue weighted by Gasteiger charge is -2.43. The molecule has 2 heterocycles. The van der Waals surface area contributed by atoms with Gasteiger partial charge in [-0.15, -0.1) is 21.5 Å². The zero-order valence-corrected chi connectivity index (χ0v) is 17.9. The molecule has 0 amide bonds. The van der Waals surface area contributed by atoms with Crippen molar-refractivity contribution in [3.05, 3.63) is 69.9 Å². The van der Waals surface area contributed by atoms with Crippen molar-refractivity contribution >= 4 is 17.3 Å². The molecule has 7 heteroatoms. The largest absolute Gasteiger partial charge is 0.355 e. The van der Waals surface area contributed by atoms with Gasteiger partial charge in [0.15, 0.2) is 11.8 Å². The smallest absolute Gasteiger partial charge is 0.192 e. The van der Waals surface area contributed by atoms with Gasteiger partial charge < -0.3 is 15.2 Å². The summed E-state index contributed by atoms with van der Waals surface area (Å²) in [6, 6.07) is 15.1. The monoisotopic (exact) mass is 408 g/mol. The number of nitrogens with zero attached hydrogens (tertiary/aromatic N) is 4. The molecule has 0 radical (unpaired) electrons. The fraction of sp³-hybridized carbons (Fsp3) is 0.409. The molecule has 6 nitrogen and oxygen atoms in total. The maximum atomic E-state index is 4.80. The normalized spacial score (nSPS) is 15.7. The summed E-state index contributed by atoms with van der Waals surface area (Å²) >= 11 is 1.75. The first-order valence-electron chi connectivity index (χ1n) is 10.1. The minimum atomic E-state index is 0.202. The number of thiophene rings is 1. The molecule has 0 unspecified atom stereocenters. The molecule has 152 valence electrons. The lowest BCUT2D eigenvalue weighted by Crippen LogP contribution is -2.48. The Bertz CT molecular complexity index is 941. The van der Waals surface area contributed by atoms with Crippen LogP contribution in [0.4, 0.5) is 0 Å². The van der Waals surface area contributed by atoms with Gasteiger partial charge in [0.1, 0.15) is 12.4 Å². The molecule has 2 N–H and O–H groups in total. The maximum absolute atomic E-state index is 4.80. The predicted octanol–water partition coefficient (Wildman–Crippen LogP) is 3.54. The standard InChI is InChI=1S/C22H28N6S/c1-17-26-27-20(28(17)2)15-24-21(23-14-19-10-6-13-29-19)25-16-22(11-7-12-22)18-8-4-3-5-9-18/h3-6,8-10,13H,7,11-12,14-16H2,1-2H3,(H2,23,24,25). The summed E-state index contributed by atoms with van der Waals surface area (Å²) in [5.41, 5.74) is 1.62. The number of guanidine groups is 1. The molecular weight excluding hydrogens is 380 g/mol. The number of hydrogen-bond donors (Lipinski definition) is 2. The van der Waals surface area contributed by atoms with Crippen LogP contribution in [0.2, 0.25) is 0 Å². The van der Waals surface area contributed by atoms with Gasteiger partial charge in [-0.25, -0.2) is 4.99 Å². The molecule has 1 saturated carbocycles. The highest BCUT2D eigenvalue weighted by molar-refractivity contribution is 7.09. The summed E-state index contributed by atoms with van der Waals surface area (Å²) in [4.78, 5) is 6.09. The van der Waals surface area contributed by atoms with Crippen LogP contribution < -0.4 is 10.6 Å². The topological polar surface area (TPSA) is 67.1 Å². The molecule has 2 aromatic heterocycles. The van der Waals surface area contributed by atoms with Crippen molar-refractivity contribution < 1.29 is 0 Å². The van der Waals surface area contributed by atoms with Crippen LogP contribution >= 0.6 is 11.3 Å². The first-order chi connectivity index (χ1) is 14.2. The number of aromatic nitrogens is 3. The SMILES string of the molecule is Cc1nnc(CN=C(NCc2cccs2)NCC2(c3ccccc3)CCC2)n1C. The minimum absolute atomic E-state index is 0.202. The number of aliphatic imine (C=N–C) groups is 1. The van der Waals surface area contributed by atoms with E-state index in [2.05, 4.69) is 68.7 Å². The lowest BCUT2D eigenvalue weighted by molar-refractivity contribution is 0.244. The van der Waals surface area contributed by atoms with Gasteiger partial charge in [0.25, 0.3) is 0 Å². The van der Waals surface area contributed by atoms with Gasteiger partial charge in [0.05, 0.1) is 6.54 Å². The number of benzene rings is 1. The first-order valence-corrected chi connectivity index (χ1v) is 11.0. The highest BCUT2D eigenvalue weighted by Gasteiger charge is 2.38. The van der Waals surface area contributed by atoms with Crippen molar-refractivity contribution in [2.24, 2.45) is 12.0 Å². The van der Waals surface area contributed by atoms with Gasteiger partial charge in [-0.05, 0) is 36.8 Å². The number of rotatable bonds is 7. The molecule has 1 aromatic carbocycles. The van der Waals surface area contributed by atoms with Gasteiger partial charge in [0, 0.05) is 23.9 Å². The van der Waals surface area contributed by atoms with Gasteiger partial charge in [-0.1, -0.05) is 42.8 Å². The molecule has 1 aliphatic rings. The van der Waals surface area contributed by atoms with Crippen LogP contribution in [0.3, 0.4) is 0 Å². The fourth-order valence-electron chi connectivity index (χ4n) is 3.71. The van der Waals surface area contributed by atoms with E-state index in [-0.39, 0.29) is 5.41 Å². The Hall–Kier alpha value is -2.67. The molecule has 0 aliphatic heterocycles. The summed E-state index contributed by atoms with van der Waals surface area (Å²) in [7, 11) is 1.98. The molecule has 0 saturated heterocycles. The Labute approximate surface area is 176 Å². The van der Waals surface area contributed by atoms with Gasteiger partial charge in [-0.3, -0.25) is 0 Å². The molecule has 29 heavy (non-hydrogen) atoms. The summed E-state index contributed by atoms with van der Waals surface area (Å²) in [6.07, 6.45) is 3.71. The molecule has 0 atom stereocenters. The molecule has 0 bridgehead atoms. The van der Waals surface area contributed by atoms with Crippen molar-refractivity contribution in [2.75, 3.05) is 6.54 Å². The second kappa shape index (κ2) is 8.78. The van der Waals surface area contributed by atoms with E-state index in [1.54, 1.807) is 11.3 Å². The molecule has 3 aromatic rings. The third kappa shape index (κ3) is 4.50. The highest BCUT2D eigenvalue weighted by atomic mass is 32.1. The number of nitrogens with one attached hydrogen (secondary N) is 2. The third-order valence-corrected chi connectivity index (χ3v) is 6.74. The van der Waals surface area contributed by atoms with Crippen LogP contribution in [-0.2, 0) is 25.6 Å². The van der Waals surface area contributed by atoms with E-state index >= 15 is 0 Å². The van der Waals surface area contributed by atoms with E-state index in [1.165, 1.54) is 29.7 Å². The lowest BCUT2D eigenvalue weighted by atomic mass is 9.64. The molecule has 4 rings (SSSR count). The van der Waals surface area contributed by atoms with Crippen molar-refractivity contribution in [1.29, 1.82) is 0 Å². The zero-order chi connectivity index (χ0) is 20.1. The Morgan fingerprint density at radius 3 is 2.59 bits per heavy atom.